The third-order valence-electron chi connectivity index (χ3n) is 2.56. The Kier molecular flexibility index (Phi) is 7.38. The number of hydrogen-bond donors (Lipinski definition) is 2. The first-order valence-corrected chi connectivity index (χ1v) is 10.0. The average molecular weight is 323 g/mol. The summed E-state index contributed by atoms with van der Waals surface area (Å²) < 4.78 is 26.9. The molecule has 7 heteroatoms. The van der Waals surface area contributed by atoms with Gasteiger partial charge in [0.1, 0.15) is 0 Å². The molecule has 4 nitrogen and oxygen atoms in total. The van der Waals surface area contributed by atoms with Crippen molar-refractivity contribution in [3.05, 3.63) is 16.3 Å². The second kappa shape index (κ2) is 8.26. The monoisotopic (exact) mass is 322 g/mol. The van der Waals surface area contributed by atoms with Crippen molar-refractivity contribution in [1.82, 2.24) is 10.0 Å². The third kappa shape index (κ3) is 5.83. The number of hydrogen-bond acceptors (Lipinski definition) is 5. The highest BCUT2D eigenvalue weighted by Crippen LogP contribution is 2.19. The molecular weight excluding hydrogens is 300 g/mol. The number of sulfonamides is 1. The van der Waals surface area contributed by atoms with Crippen LogP contribution in [0.5, 0.6) is 0 Å². The SMILES string of the molecule is CCNCc1cc(S(=O)(=O)NCC(C)CSC)cs1. The van der Waals surface area contributed by atoms with Crippen molar-refractivity contribution >= 4 is 33.1 Å². The van der Waals surface area contributed by atoms with Crippen LogP contribution in [-0.2, 0) is 16.6 Å². The van der Waals surface area contributed by atoms with Crippen LogP contribution in [0.25, 0.3) is 0 Å². The van der Waals surface area contributed by atoms with E-state index in [2.05, 4.69) is 10.0 Å². The van der Waals surface area contributed by atoms with Gasteiger partial charge in [-0.2, -0.15) is 11.8 Å². The summed E-state index contributed by atoms with van der Waals surface area (Å²) >= 11 is 3.20. The highest BCUT2D eigenvalue weighted by molar-refractivity contribution is 7.98. The van der Waals surface area contributed by atoms with Crippen LogP contribution < -0.4 is 10.0 Å². The summed E-state index contributed by atoms with van der Waals surface area (Å²) in [7, 11) is -3.35. The Labute approximate surface area is 124 Å². The molecule has 0 amide bonds. The Hall–Kier alpha value is -0.0800. The first kappa shape index (κ1) is 17.0. The highest BCUT2D eigenvalue weighted by atomic mass is 32.2. The molecule has 1 unspecified atom stereocenters. The van der Waals surface area contributed by atoms with E-state index in [1.165, 1.54) is 11.3 Å². The fourth-order valence-corrected chi connectivity index (χ4v) is 4.62. The van der Waals surface area contributed by atoms with Gasteiger partial charge in [0.2, 0.25) is 10.0 Å². The topological polar surface area (TPSA) is 58.2 Å². The number of thioether (sulfide) groups is 1. The molecule has 19 heavy (non-hydrogen) atoms. The normalized spacial score (nSPS) is 13.6. The Morgan fingerprint density at radius 1 is 1.47 bits per heavy atom. The maximum absolute atomic E-state index is 12.1. The molecule has 1 heterocycles. The van der Waals surface area contributed by atoms with Crippen molar-refractivity contribution in [3.63, 3.8) is 0 Å². The molecule has 1 atom stereocenters. The van der Waals surface area contributed by atoms with Gasteiger partial charge in [-0.05, 0) is 30.5 Å². The second-order valence-corrected chi connectivity index (χ2v) is 8.11. The molecule has 110 valence electrons. The van der Waals surface area contributed by atoms with Crippen LogP contribution in [0.3, 0.4) is 0 Å². The molecule has 0 aromatic carbocycles. The Morgan fingerprint density at radius 3 is 2.84 bits per heavy atom. The summed E-state index contributed by atoms with van der Waals surface area (Å²) in [5.74, 6) is 1.29. The van der Waals surface area contributed by atoms with Crippen molar-refractivity contribution in [3.8, 4) is 0 Å². The van der Waals surface area contributed by atoms with E-state index in [0.29, 0.717) is 17.4 Å². The molecule has 0 saturated carbocycles. The van der Waals surface area contributed by atoms with Gasteiger partial charge < -0.3 is 5.32 Å². The zero-order valence-electron chi connectivity index (χ0n) is 11.6. The third-order valence-corrected chi connectivity index (χ3v) is 5.95. The van der Waals surface area contributed by atoms with Gasteiger partial charge in [0.05, 0.1) is 4.90 Å². The lowest BCUT2D eigenvalue weighted by Crippen LogP contribution is -2.29. The van der Waals surface area contributed by atoms with E-state index in [-0.39, 0.29) is 0 Å². The molecule has 0 radical (unpaired) electrons. The van der Waals surface area contributed by atoms with Gasteiger partial charge in [-0.15, -0.1) is 11.3 Å². The van der Waals surface area contributed by atoms with Gasteiger partial charge in [0.15, 0.2) is 0 Å². The molecule has 0 bridgehead atoms. The molecule has 0 aliphatic heterocycles. The van der Waals surface area contributed by atoms with Crippen molar-refractivity contribution in [2.75, 3.05) is 25.1 Å². The van der Waals surface area contributed by atoms with Crippen LogP contribution in [0.1, 0.15) is 18.7 Å². The van der Waals surface area contributed by atoms with Crippen LogP contribution in [0, 0.1) is 5.92 Å². The van der Waals surface area contributed by atoms with Gasteiger partial charge in [0.25, 0.3) is 0 Å². The number of rotatable bonds is 9. The fourth-order valence-electron chi connectivity index (χ4n) is 1.52. The van der Waals surface area contributed by atoms with Gasteiger partial charge in [-0.3, -0.25) is 0 Å². The van der Waals surface area contributed by atoms with Gasteiger partial charge in [0, 0.05) is 23.3 Å². The van der Waals surface area contributed by atoms with Crippen LogP contribution in [-0.4, -0.2) is 33.5 Å². The van der Waals surface area contributed by atoms with E-state index in [1.54, 1.807) is 23.2 Å². The summed E-state index contributed by atoms with van der Waals surface area (Å²) in [4.78, 5) is 1.42. The second-order valence-electron chi connectivity index (χ2n) is 4.44. The van der Waals surface area contributed by atoms with E-state index < -0.39 is 10.0 Å². The van der Waals surface area contributed by atoms with Crippen molar-refractivity contribution in [2.45, 2.75) is 25.3 Å². The summed E-state index contributed by atoms with van der Waals surface area (Å²) in [5, 5.41) is 4.89. The first-order chi connectivity index (χ1) is 8.99. The Balaban J connectivity index is 2.59. The van der Waals surface area contributed by atoms with E-state index in [9.17, 15) is 8.42 Å². The Bertz CT molecular complexity index is 471. The molecule has 0 aliphatic carbocycles. The summed E-state index contributed by atoms with van der Waals surface area (Å²) in [6.07, 6.45) is 2.02. The average Bonchev–Trinajstić information content (AvgIpc) is 2.84. The minimum absolute atomic E-state index is 0.338. The molecular formula is C12H22N2O2S3. The molecule has 0 aliphatic rings. The highest BCUT2D eigenvalue weighted by Gasteiger charge is 2.16. The number of nitrogens with one attached hydrogen (secondary N) is 2. The van der Waals surface area contributed by atoms with Crippen molar-refractivity contribution in [2.24, 2.45) is 5.92 Å². The smallest absolute Gasteiger partial charge is 0.241 e. The van der Waals surface area contributed by atoms with E-state index in [1.807, 2.05) is 20.1 Å². The quantitative estimate of drug-likeness (QED) is 0.731. The van der Waals surface area contributed by atoms with Gasteiger partial charge in [-0.25, -0.2) is 13.1 Å². The largest absolute Gasteiger partial charge is 0.312 e. The lowest BCUT2D eigenvalue weighted by molar-refractivity contribution is 0.563. The van der Waals surface area contributed by atoms with E-state index >= 15 is 0 Å². The maximum atomic E-state index is 12.1. The van der Waals surface area contributed by atoms with Crippen LogP contribution in [0.4, 0.5) is 0 Å². The molecule has 1 aromatic heterocycles. The predicted octanol–water partition coefficient (Wildman–Crippen LogP) is 2.13. The van der Waals surface area contributed by atoms with Crippen molar-refractivity contribution < 1.29 is 8.42 Å². The summed E-state index contributed by atoms with van der Waals surface area (Å²) in [6, 6.07) is 1.74. The zero-order chi connectivity index (χ0) is 14.3. The number of thiophene rings is 1. The lowest BCUT2D eigenvalue weighted by Gasteiger charge is -2.10. The summed E-state index contributed by atoms with van der Waals surface area (Å²) in [5.41, 5.74) is 0. The van der Waals surface area contributed by atoms with Crippen molar-refractivity contribution in [1.29, 1.82) is 0 Å². The minimum Gasteiger partial charge on any atom is -0.312 e. The first-order valence-electron chi connectivity index (χ1n) is 6.26. The molecule has 0 spiro atoms. The Morgan fingerprint density at radius 2 is 2.21 bits per heavy atom. The molecule has 1 aromatic rings. The van der Waals surface area contributed by atoms with Crippen LogP contribution >= 0.6 is 23.1 Å². The fraction of sp³-hybridized carbons (Fsp3) is 0.667. The minimum atomic E-state index is -3.35. The van der Waals surface area contributed by atoms with Crippen LogP contribution in [0.2, 0.25) is 0 Å². The van der Waals surface area contributed by atoms with E-state index in [0.717, 1.165) is 23.7 Å². The zero-order valence-corrected chi connectivity index (χ0v) is 14.1. The van der Waals surface area contributed by atoms with Gasteiger partial charge >= 0.3 is 0 Å². The molecule has 0 fully saturated rings. The van der Waals surface area contributed by atoms with Crippen LogP contribution in [0.15, 0.2) is 16.3 Å². The molecule has 0 saturated heterocycles. The molecule has 1 rings (SSSR count). The van der Waals surface area contributed by atoms with Gasteiger partial charge in [-0.1, -0.05) is 13.8 Å². The van der Waals surface area contributed by atoms with E-state index in [4.69, 9.17) is 0 Å². The maximum Gasteiger partial charge on any atom is 0.241 e. The lowest BCUT2D eigenvalue weighted by atomic mass is 10.2. The predicted molar refractivity (Wildman–Crippen MR) is 84.4 cm³/mol. The molecule has 2 N–H and O–H groups in total. The summed E-state index contributed by atoms with van der Waals surface area (Å²) in [6.45, 7) is 6.16. The standard InChI is InChI=1S/C12H22N2O2S3/c1-4-13-7-11-5-12(9-18-11)19(15,16)14-6-10(2)8-17-3/h5,9-10,13-14H,4,6-8H2,1-3H3.